The first-order valence-corrected chi connectivity index (χ1v) is 10.3. The molecule has 2 aromatic carbocycles. The Kier molecular flexibility index (Phi) is 8.43. The van der Waals surface area contributed by atoms with Crippen LogP contribution in [0.3, 0.4) is 0 Å². The topological polar surface area (TPSA) is 103 Å². The molecule has 0 bridgehead atoms. The second-order valence-corrected chi connectivity index (χ2v) is 7.07. The van der Waals surface area contributed by atoms with E-state index in [-0.39, 0.29) is 12.5 Å². The molecule has 162 valence electrons. The molecule has 4 rings (SSSR count). The number of hydrogen-bond donors (Lipinski definition) is 3. The average molecular weight is 427 g/mol. The van der Waals surface area contributed by atoms with E-state index in [1.54, 1.807) is 6.20 Å². The maximum absolute atomic E-state index is 8.58. The first-order valence-electron chi connectivity index (χ1n) is 10.3. The van der Waals surface area contributed by atoms with Gasteiger partial charge in [0.15, 0.2) is 0 Å². The van der Waals surface area contributed by atoms with Gasteiger partial charge in [0.2, 0.25) is 6.41 Å². The lowest BCUT2D eigenvalue weighted by Gasteiger charge is -2.28. The molecule has 0 unspecified atom stereocenters. The second-order valence-electron chi connectivity index (χ2n) is 7.07. The highest BCUT2D eigenvalue weighted by molar-refractivity contribution is 5.61. The van der Waals surface area contributed by atoms with E-state index < -0.39 is 0 Å². The number of ether oxygens (including phenoxy) is 1. The third-order valence-corrected chi connectivity index (χ3v) is 4.72. The number of amides is 1. The molecule has 0 atom stereocenters. The molecule has 3 aromatic rings. The number of anilines is 1. The predicted octanol–water partition coefficient (Wildman–Crippen LogP) is 2.77. The Morgan fingerprint density at radius 2 is 1.88 bits per heavy atom. The molecule has 5 N–H and O–H groups in total. The molecular formula is C26H26N4O2. The van der Waals surface area contributed by atoms with Crippen LogP contribution in [0, 0.1) is 11.8 Å². The molecular weight excluding hydrogens is 400 g/mol. The monoisotopic (exact) mass is 426 g/mol. The number of carbonyl (C=O) groups excluding carboxylic acids is 1. The summed E-state index contributed by atoms with van der Waals surface area (Å²) < 4.78 is 6.18. The highest BCUT2D eigenvalue weighted by Gasteiger charge is 2.19. The van der Waals surface area contributed by atoms with E-state index in [1.807, 2.05) is 54.6 Å². The van der Waals surface area contributed by atoms with Crippen molar-refractivity contribution in [2.45, 2.75) is 12.5 Å². The van der Waals surface area contributed by atoms with Gasteiger partial charge in [-0.1, -0.05) is 48.3 Å². The molecule has 0 radical (unpaired) electrons. The fourth-order valence-electron chi connectivity index (χ4n) is 2.97. The number of pyridine rings is 1. The van der Waals surface area contributed by atoms with Crippen molar-refractivity contribution >= 4 is 18.3 Å². The molecule has 2 heterocycles. The Morgan fingerprint density at radius 3 is 2.56 bits per heavy atom. The van der Waals surface area contributed by atoms with Crippen molar-refractivity contribution in [2.24, 2.45) is 5.73 Å². The Bertz CT molecular complexity index is 1110. The van der Waals surface area contributed by atoms with Gasteiger partial charge in [-0.15, -0.1) is 0 Å². The van der Waals surface area contributed by atoms with Crippen LogP contribution < -0.4 is 21.5 Å². The number of hydrogen-bond acceptors (Lipinski definition) is 5. The summed E-state index contributed by atoms with van der Waals surface area (Å²) >= 11 is 0. The smallest absolute Gasteiger partial charge is 0.204 e. The summed E-state index contributed by atoms with van der Waals surface area (Å²) in [4.78, 5) is 12.7. The summed E-state index contributed by atoms with van der Waals surface area (Å²) in [6, 6.07) is 20.1. The highest BCUT2D eigenvalue weighted by Crippen LogP contribution is 2.23. The van der Waals surface area contributed by atoms with Crippen molar-refractivity contribution in [3.63, 3.8) is 0 Å². The third kappa shape index (κ3) is 6.73. The van der Waals surface area contributed by atoms with E-state index in [0.717, 1.165) is 47.5 Å². The number of nitrogens with one attached hydrogen (secondary N) is 1. The van der Waals surface area contributed by atoms with Gasteiger partial charge in [0.25, 0.3) is 0 Å². The molecule has 1 aliphatic heterocycles. The zero-order chi connectivity index (χ0) is 22.6. The van der Waals surface area contributed by atoms with Gasteiger partial charge in [-0.25, -0.2) is 4.98 Å². The van der Waals surface area contributed by atoms with Crippen LogP contribution in [-0.4, -0.2) is 30.6 Å². The van der Waals surface area contributed by atoms with Crippen LogP contribution in [0.1, 0.15) is 22.3 Å². The zero-order valence-corrected chi connectivity index (χ0v) is 17.7. The fourth-order valence-corrected chi connectivity index (χ4v) is 2.97. The molecule has 32 heavy (non-hydrogen) atoms. The SMILES string of the molecule is NC=O.Nc1ncccc1/C=C\Cc1ccc(C#Cc2ccccc2)c(OC2CNC2)c1. The van der Waals surface area contributed by atoms with E-state index in [1.165, 1.54) is 0 Å². The molecule has 6 nitrogen and oxygen atoms in total. The largest absolute Gasteiger partial charge is 0.486 e. The van der Waals surface area contributed by atoms with Crippen molar-refractivity contribution in [3.8, 4) is 17.6 Å². The van der Waals surface area contributed by atoms with Crippen molar-refractivity contribution in [1.29, 1.82) is 0 Å². The number of rotatable bonds is 5. The lowest BCUT2D eigenvalue weighted by atomic mass is 10.1. The van der Waals surface area contributed by atoms with Gasteiger partial charge in [-0.2, -0.15) is 0 Å². The van der Waals surface area contributed by atoms with Crippen LogP contribution in [0.25, 0.3) is 6.08 Å². The van der Waals surface area contributed by atoms with Gasteiger partial charge in [0.05, 0.1) is 5.56 Å². The molecule has 1 fully saturated rings. The maximum Gasteiger partial charge on any atom is 0.204 e. The Balaban J connectivity index is 0.000000913. The lowest BCUT2D eigenvalue weighted by molar-refractivity contribution is -0.106. The number of benzene rings is 2. The van der Waals surface area contributed by atoms with E-state index >= 15 is 0 Å². The molecule has 0 saturated carbocycles. The predicted molar refractivity (Wildman–Crippen MR) is 128 cm³/mol. The van der Waals surface area contributed by atoms with E-state index in [9.17, 15) is 0 Å². The number of primary amides is 1. The number of carbonyl (C=O) groups is 1. The average Bonchev–Trinajstić information content (AvgIpc) is 2.78. The summed E-state index contributed by atoms with van der Waals surface area (Å²) in [5, 5.41) is 3.24. The van der Waals surface area contributed by atoms with Crippen LogP contribution in [-0.2, 0) is 11.2 Å². The number of allylic oxidation sites excluding steroid dienone is 1. The molecule has 1 aromatic heterocycles. The number of nitrogens with zero attached hydrogens (tertiary/aromatic N) is 1. The lowest BCUT2D eigenvalue weighted by Crippen LogP contribution is -2.50. The minimum Gasteiger partial charge on any atom is -0.486 e. The summed E-state index contributed by atoms with van der Waals surface area (Å²) in [6.45, 7) is 1.74. The van der Waals surface area contributed by atoms with E-state index in [2.05, 4.69) is 46.1 Å². The van der Waals surface area contributed by atoms with Crippen LogP contribution in [0.15, 0.2) is 72.9 Å². The van der Waals surface area contributed by atoms with Gasteiger partial charge in [-0.3, -0.25) is 4.79 Å². The Morgan fingerprint density at radius 1 is 1.09 bits per heavy atom. The van der Waals surface area contributed by atoms with Gasteiger partial charge in [-0.05, 0) is 48.4 Å². The first-order chi connectivity index (χ1) is 15.7. The summed E-state index contributed by atoms with van der Waals surface area (Å²) in [5.41, 5.74) is 14.1. The van der Waals surface area contributed by atoms with Crippen LogP contribution >= 0.6 is 0 Å². The van der Waals surface area contributed by atoms with Crippen molar-refractivity contribution in [2.75, 3.05) is 18.8 Å². The van der Waals surface area contributed by atoms with Crippen molar-refractivity contribution in [1.82, 2.24) is 10.3 Å². The normalized spacial score (nSPS) is 12.6. The van der Waals surface area contributed by atoms with Crippen molar-refractivity contribution < 1.29 is 9.53 Å². The van der Waals surface area contributed by atoms with Gasteiger partial charge in [0.1, 0.15) is 17.7 Å². The minimum atomic E-state index is 0.202. The summed E-state index contributed by atoms with van der Waals surface area (Å²) in [6.07, 6.45) is 7.02. The minimum absolute atomic E-state index is 0.202. The quantitative estimate of drug-likeness (QED) is 0.430. The highest BCUT2D eigenvalue weighted by atomic mass is 16.5. The number of nitrogen functional groups attached to an aromatic ring is 1. The molecule has 1 aliphatic rings. The maximum atomic E-state index is 8.58. The summed E-state index contributed by atoms with van der Waals surface area (Å²) in [5.74, 6) is 7.86. The molecule has 6 heteroatoms. The third-order valence-electron chi connectivity index (χ3n) is 4.72. The van der Waals surface area contributed by atoms with E-state index in [0.29, 0.717) is 5.82 Å². The Hall–Kier alpha value is -4.08. The second kappa shape index (κ2) is 11.9. The van der Waals surface area contributed by atoms with Crippen LogP contribution in [0.2, 0.25) is 0 Å². The zero-order valence-electron chi connectivity index (χ0n) is 17.7. The molecule has 0 aliphatic carbocycles. The van der Waals surface area contributed by atoms with Gasteiger partial charge < -0.3 is 21.5 Å². The molecule has 1 saturated heterocycles. The number of aromatic nitrogens is 1. The summed E-state index contributed by atoms with van der Waals surface area (Å²) in [7, 11) is 0. The van der Waals surface area contributed by atoms with Gasteiger partial charge >= 0.3 is 0 Å². The van der Waals surface area contributed by atoms with Crippen LogP contribution in [0.5, 0.6) is 5.75 Å². The van der Waals surface area contributed by atoms with Crippen molar-refractivity contribution in [3.05, 3.63) is 95.2 Å². The fraction of sp³-hybridized carbons (Fsp3) is 0.154. The molecule has 0 spiro atoms. The van der Waals surface area contributed by atoms with Crippen LogP contribution in [0.4, 0.5) is 5.82 Å². The van der Waals surface area contributed by atoms with E-state index in [4.69, 9.17) is 15.3 Å². The Labute approximate surface area is 188 Å². The standard InChI is InChI=1S/C25H23N3O.CH3NO/c26-25-22(10-5-15-28-25)9-4-8-20-12-14-21(13-11-19-6-2-1-3-7-19)24(16-20)29-23-17-27-18-23;2-1-3/h1-7,9-10,12,14-16,23,27H,8,17-18H2,(H2,26,28);1H,(H2,2,3)/b9-4-;. The van der Waals surface area contributed by atoms with Gasteiger partial charge in [0, 0.05) is 30.4 Å². The first kappa shape index (κ1) is 22.6. The number of nitrogens with two attached hydrogens (primary N) is 2. The molecule has 1 amide bonds.